The van der Waals surface area contributed by atoms with Gasteiger partial charge in [0.15, 0.2) is 5.75 Å². The second kappa shape index (κ2) is 18.6. The van der Waals surface area contributed by atoms with E-state index in [1.165, 1.54) is 24.3 Å². The lowest BCUT2D eigenvalue weighted by Crippen LogP contribution is -2.04. The Morgan fingerprint density at radius 3 is 1.94 bits per heavy atom. The number of phenolic OH excluding ortho intramolecular Hbond substituents is 1. The minimum absolute atomic E-state index is 0.0323. The molecule has 0 saturated heterocycles. The second-order valence-electron chi connectivity index (χ2n) is 14.0. The normalized spacial score (nSPS) is 12.1. The lowest BCUT2D eigenvalue weighted by atomic mass is 10.0. The number of halogens is 1. The summed E-state index contributed by atoms with van der Waals surface area (Å²) >= 11 is 5.92. The highest BCUT2D eigenvalue weighted by Gasteiger charge is 2.23. The Hall–Kier alpha value is -6.59. The maximum Gasteiger partial charge on any atom is 0.297 e. The monoisotopic (exact) mass is 946 g/mol. The predicted octanol–water partition coefficient (Wildman–Crippen LogP) is 9.30. The number of nitrogens with zero attached hydrogens (tertiary/aromatic N) is 5. The highest BCUT2D eigenvalue weighted by Crippen LogP contribution is 2.44. The first kappa shape index (κ1) is 46.9. The van der Waals surface area contributed by atoms with Crippen LogP contribution in [0.3, 0.4) is 0 Å². The number of phenols is 1. The highest BCUT2D eigenvalue weighted by atomic mass is 35.5. The standard InChI is InChI=1S/C25H19ClN6O7S2.C17H20N2O3S/c1-12-9-15-10-16(40(34,35)36)11-19(29-25-28-13(2)27-24(26)30-25)20(15)22(33)21(12)32-31-18-8-7-14-5-3-4-6-17(14)23(18)41(37,38)39;1-12-10-15(18-2)8-6-13(12)4-5-14-7-9-16(19-3)11-17(14)23(20,21)22/h3-11,33H,1-2H3,(H,34,35,36)(H,37,38,39)(H,27,28,29,30);4-11,18-19H,1-3H3,(H,20,21,22)/b;5-4+. The van der Waals surface area contributed by atoms with E-state index in [0.717, 1.165) is 28.9 Å². The summed E-state index contributed by atoms with van der Waals surface area (Å²) in [5.74, 6) is -0.282. The number of fused-ring (bicyclic) bond motifs is 2. The maximum absolute atomic E-state index is 12.3. The lowest BCUT2D eigenvalue weighted by Gasteiger charge is -2.15. The number of hydrogen-bond acceptors (Lipinski definition) is 15. The molecule has 1 heterocycles. The number of aromatic nitrogens is 3. The molecule has 0 saturated carbocycles. The van der Waals surface area contributed by atoms with Crippen LogP contribution < -0.4 is 16.0 Å². The van der Waals surface area contributed by atoms with E-state index in [2.05, 4.69) is 41.1 Å². The van der Waals surface area contributed by atoms with E-state index in [1.54, 1.807) is 63.4 Å². The summed E-state index contributed by atoms with van der Waals surface area (Å²) in [6.45, 7) is 5.09. The van der Waals surface area contributed by atoms with Gasteiger partial charge in [0.1, 0.15) is 27.0 Å². The molecule has 332 valence electrons. The molecule has 64 heavy (non-hydrogen) atoms. The first-order valence-electron chi connectivity index (χ1n) is 18.7. The molecule has 0 unspecified atom stereocenters. The van der Waals surface area contributed by atoms with Crippen molar-refractivity contribution in [1.82, 2.24) is 15.0 Å². The van der Waals surface area contributed by atoms with Gasteiger partial charge in [-0.1, -0.05) is 54.6 Å². The Balaban J connectivity index is 0.000000251. The van der Waals surface area contributed by atoms with Crippen LogP contribution in [0.2, 0.25) is 5.28 Å². The SMILES string of the molecule is CNc1ccc(/C=C/c2ccc(NC)cc2S(=O)(=O)O)c(C)c1.Cc1nc(Cl)nc(Nc2cc(S(=O)(=O)O)cc3cc(C)c(N=Nc4ccc5ccccc5c4S(=O)(=O)O)c(O)c23)n1. The van der Waals surface area contributed by atoms with Crippen molar-refractivity contribution in [3.05, 3.63) is 124 Å². The fraction of sp³-hybridized carbons (Fsp3) is 0.119. The summed E-state index contributed by atoms with van der Waals surface area (Å²) in [5.41, 5.74) is 4.13. The maximum atomic E-state index is 12.3. The van der Waals surface area contributed by atoms with E-state index in [9.17, 15) is 44.0 Å². The number of hydrogen-bond donors (Lipinski definition) is 7. The molecule has 0 aliphatic carbocycles. The number of aryl methyl sites for hydroxylation is 3. The molecule has 0 aliphatic heterocycles. The Bertz CT molecular complexity index is 3370. The van der Waals surface area contributed by atoms with Gasteiger partial charge in [-0.3, -0.25) is 13.7 Å². The van der Waals surface area contributed by atoms with Gasteiger partial charge in [-0.05, 0) is 114 Å². The van der Waals surface area contributed by atoms with Crippen LogP contribution in [0, 0.1) is 20.8 Å². The van der Waals surface area contributed by atoms with E-state index in [1.807, 2.05) is 38.2 Å². The molecular formula is C42H39ClN8O10S3. The first-order valence-corrected chi connectivity index (χ1v) is 23.4. The lowest BCUT2D eigenvalue weighted by molar-refractivity contribution is 0.480. The molecule has 7 N–H and O–H groups in total. The Morgan fingerprint density at radius 1 is 0.656 bits per heavy atom. The van der Waals surface area contributed by atoms with Gasteiger partial charge in [0.05, 0.1) is 10.6 Å². The van der Waals surface area contributed by atoms with Crippen molar-refractivity contribution < 1.29 is 44.0 Å². The number of azo groups is 1. The summed E-state index contributed by atoms with van der Waals surface area (Å²) in [4.78, 5) is 10.8. The number of benzene rings is 6. The van der Waals surface area contributed by atoms with Crippen molar-refractivity contribution in [2.24, 2.45) is 10.2 Å². The van der Waals surface area contributed by atoms with Gasteiger partial charge < -0.3 is 21.1 Å². The van der Waals surface area contributed by atoms with Gasteiger partial charge in [-0.2, -0.15) is 35.2 Å². The van der Waals surface area contributed by atoms with Crippen molar-refractivity contribution in [2.45, 2.75) is 35.5 Å². The predicted molar refractivity (Wildman–Crippen MR) is 246 cm³/mol. The van der Waals surface area contributed by atoms with E-state index < -0.39 is 45.9 Å². The number of nitrogens with one attached hydrogen (secondary N) is 3. The average molecular weight is 947 g/mol. The largest absolute Gasteiger partial charge is 0.505 e. The van der Waals surface area contributed by atoms with Crippen LogP contribution in [-0.2, 0) is 30.4 Å². The van der Waals surface area contributed by atoms with Crippen molar-refractivity contribution in [3.8, 4) is 5.75 Å². The molecule has 18 nitrogen and oxygen atoms in total. The van der Waals surface area contributed by atoms with Crippen LogP contribution in [0.15, 0.2) is 116 Å². The molecule has 0 amide bonds. The molecule has 0 aliphatic rings. The molecule has 0 fully saturated rings. The highest BCUT2D eigenvalue weighted by molar-refractivity contribution is 7.86. The molecule has 0 bridgehead atoms. The Kier molecular flexibility index (Phi) is 13.7. The third kappa shape index (κ3) is 10.8. The summed E-state index contributed by atoms with van der Waals surface area (Å²) in [6, 6.07) is 23.9. The van der Waals surface area contributed by atoms with E-state index in [4.69, 9.17) is 11.6 Å². The van der Waals surface area contributed by atoms with Crippen LogP contribution in [0.25, 0.3) is 33.7 Å². The van der Waals surface area contributed by atoms with Gasteiger partial charge in [0.2, 0.25) is 11.2 Å². The first-order chi connectivity index (χ1) is 30.1. The van der Waals surface area contributed by atoms with Crippen molar-refractivity contribution in [3.63, 3.8) is 0 Å². The average Bonchev–Trinajstić information content (AvgIpc) is 3.21. The third-order valence-electron chi connectivity index (χ3n) is 9.57. The number of anilines is 4. The summed E-state index contributed by atoms with van der Waals surface area (Å²) in [5, 5.41) is 29.0. The molecule has 22 heteroatoms. The second-order valence-corrected chi connectivity index (χ2v) is 18.5. The minimum Gasteiger partial charge on any atom is -0.505 e. The summed E-state index contributed by atoms with van der Waals surface area (Å²) in [7, 11) is -10.1. The van der Waals surface area contributed by atoms with Crippen LogP contribution in [0.1, 0.15) is 28.1 Å². The third-order valence-corrected chi connectivity index (χ3v) is 12.4. The zero-order valence-corrected chi connectivity index (χ0v) is 37.6. The fourth-order valence-corrected chi connectivity index (χ4v) is 8.85. The molecule has 1 aromatic heterocycles. The molecule has 6 aromatic carbocycles. The van der Waals surface area contributed by atoms with Gasteiger partial charge in [-0.15, -0.1) is 10.2 Å². The molecular weight excluding hydrogens is 908 g/mol. The van der Waals surface area contributed by atoms with E-state index >= 15 is 0 Å². The van der Waals surface area contributed by atoms with Crippen LogP contribution >= 0.6 is 11.6 Å². The van der Waals surface area contributed by atoms with Crippen LogP contribution in [-0.4, -0.2) is 73.1 Å². The summed E-state index contributed by atoms with van der Waals surface area (Å²) in [6.07, 6.45) is 3.52. The fourth-order valence-electron chi connectivity index (χ4n) is 6.56. The zero-order chi connectivity index (χ0) is 46.7. The minimum atomic E-state index is -4.72. The van der Waals surface area contributed by atoms with Crippen molar-refractivity contribution in [1.29, 1.82) is 0 Å². The zero-order valence-electron chi connectivity index (χ0n) is 34.4. The molecule has 0 atom stereocenters. The van der Waals surface area contributed by atoms with Gasteiger partial charge in [0, 0.05) is 36.2 Å². The van der Waals surface area contributed by atoms with Gasteiger partial charge in [-0.25, -0.2) is 4.98 Å². The number of rotatable bonds is 11. The molecule has 7 aromatic rings. The van der Waals surface area contributed by atoms with Gasteiger partial charge >= 0.3 is 0 Å². The van der Waals surface area contributed by atoms with E-state index in [0.29, 0.717) is 22.2 Å². The Morgan fingerprint density at radius 2 is 1.31 bits per heavy atom. The van der Waals surface area contributed by atoms with Crippen molar-refractivity contribution >= 4 is 110 Å². The number of aromatic hydroxyl groups is 1. The smallest absolute Gasteiger partial charge is 0.297 e. The van der Waals surface area contributed by atoms with Gasteiger partial charge in [0.25, 0.3) is 30.4 Å². The quantitative estimate of drug-likeness (QED) is 0.0361. The Labute approximate surface area is 373 Å². The van der Waals surface area contributed by atoms with E-state index in [-0.39, 0.29) is 55.2 Å². The molecule has 7 rings (SSSR count). The topological polar surface area (TPSA) is 283 Å². The molecule has 0 spiro atoms. The molecule has 0 radical (unpaired) electrons. The van der Waals surface area contributed by atoms with Crippen molar-refractivity contribution in [2.75, 3.05) is 30.0 Å². The van der Waals surface area contributed by atoms with Crippen LogP contribution in [0.4, 0.5) is 34.4 Å². The summed E-state index contributed by atoms with van der Waals surface area (Å²) < 4.78 is 101. The van der Waals surface area contributed by atoms with Crippen LogP contribution in [0.5, 0.6) is 5.75 Å².